The molecule has 1 unspecified atom stereocenters. The zero-order valence-electron chi connectivity index (χ0n) is 6.90. The molecule has 3 heteroatoms. The smallest absolute Gasteiger partial charge is 0.127 e. The van der Waals surface area contributed by atoms with Crippen LogP contribution in [-0.2, 0) is 0 Å². The molecule has 0 aliphatic carbocycles. The van der Waals surface area contributed by atoms with Crippen molar-refractivity contribution >= 4 is 11.8 Å². The average molecular weight is 184 g/mol. The average Bonchev–Trinajstić information content (AvgIpc) is 2.09. The van der Waals surface area contributed by atoms with Gasteiger partial charge >= 0.3 is 0 Å². The largest absolute Gasteiger partial charge is 0.393 e. The standard InChI is InChI=1S/C9H12O2S/c1-7-4-2-3-5-8(7)12-9(11)6-10/h2-5,9-11H,6H2,1H3. The molecule has 0 amide bonds. The summed E-state index contributed by atoms with van der Waals surface area (Å²) < 4.78 is 0. The molecule has 1 aromatic rings. The van der Waals surface area contributed by atoms with Crippen LogP contribution in [0.3, 0.4) is 0 Å². The van der Waals surface area contributed by atoms with Crippen LogP contribution < -0.4 is 0 Å². The lowest BCUT2D eigenvalue weighted by Gasteiger charge is -2.08. The van der Waals surface area contributed by atoms with E-state index in [0.29, 0.717) is 0 Å². The molecular weight excluding hydrogens is 172 g/mol. The molecule has 66 valence electrons. The third-order valence-electron chi connectivity index (χ3n) is 1.51. The van der Waals surface area contributed by atoms with E-state index in [9.17, 15) is 0 Å². The highest BCUT2D eigenvalue weighted by molar-refractivity contribution is 7.99. The number of thioether (sulfide) groups is 1. The minimum Gasteiger partial charge on any atom is -0.393 e. The quantitative estimate of drug-likeness (QED) is 0.551. The topological polar surface area (TPSA) is 40.5 Å². The lowest BCUT2D eigenvalue weighted by atomic mass is 10.2. The fraction of sp³-hybridized carbons (Fsp3) is 0.333. The summed E-state index contributed by atoms with van der Waals surface area (Å²) in [7, 11) is 0. The first-order valence-electron chi connectivity index (χ1n) is 3.75. The van der Waals surface area contributed by atoms with Crippen LogP contribution in [0.15, 0.2) is 29.2 Å². The van der Waals surface area contributed by atoms with Crippen molar-refractivity contribution in [1.82, 2.24) is 0 Å². The SMILES string of the molecule is Cc1ccccc1SC(O)CO. The molecule has 0 saturated carbocycles. The fourth-order valence-electron chi connectivity index (χ4n) is 0.872. The van der Waals surface area contributed by atoms with E-state index in [0.717, 1.165) is 10.5 Å². The Morgan fingerprint density at radius 1 is 1.42 bits per heavy atom. The second-order valence-corrected chi connectivity index (χ2v) is 3.74. The van der Waals surface area contributed by atoms with Gasteiger partial charge in [0.25, 0.3) is 0 Å². The lowest BCUT2D eigenvalue weighted by Crippen LogP contribution is -2.05. The van der Waals surface area contributed by atoms with Crippen LogP contribution in [0.5, 0.6) is 0 Å². The van der Waals surface area contributed by atoms with E-state index < -0.39 is 5.44 Å². The van der Waals surface area contributed by atoms with Crippen LogP contribution in [0.25, 0.3) is 0 Å². The number of aryl methyl sites for hydroxylation is 1. The number of aliphatic hydroxyl groups is 2. The second-order valence-electron chi connectivity index (χ2n) is 2.52. The van der Waals surface area contributed by atoms with Crippen LogP contribution in [-0.4, -0.2) is 22.3 Å². The van der Waals surface area contributed by atoms with Crippen molar-refractivity contribution in [2.45, 2.75) is 17.3 Å². The Morgan fingerprint density at radius 2 is 2.08 bits per heavy atom. The number of aliphatic hydroxyl groups excluding tert-OH is 2. The monoisotopic (exact) mass is 184 g/mol. The van der Waals surface area contributed by atoms with Crippen molar-refractivity contribution in [2.24, 2.45) is 0 Å². The second kappa shape index (κ2) is 4.50. The third kappa shape index (κ3) is 2.52. The van der Waals surface area contributed by atoms with Crippen molar-refractivity contribution in [1.29, 1.82) is 0 Å². The summed E-state index contributed by atoms with van der Waals surface area (Å²) in [6.45, 7) is 1.77. The van der Waals surface area contributed by atoms with Gasteiger partial charge in [-0.25, -0.2) is 0 Å². The Kier molecular flexibility index (Phi) is 3.59. The molecule has 2 nitrogen and oxygen atoms in total. The normalized spacial score (nSPS) is 12.9. The molecule has 2 N–H and O–H groups in total. The van der Waals surface area contributed by atoms with Gasteiger partial charge in [0.1, 0.15) is 5.44 Å². The Balaban J connectivity index is 2.69. The van der Waals surface area contributed by atoms with Gasteiger partial charge in [-0.2, -0.15) is 0 Å². The first-order chi connectivity index (χ1) is 5.74. The van der Waals surface area contributed by atoms with E-state index >= 15 is 0 Å². The van der Waals surface area contributed by atoms with E-state index in [2.05, 4.69) is 0 Å². The summed E-state index contributed by atoms with van der Waals surface area (Å²) in [5, 5.41) is 17.8. The predicted molar refractivity (Wildman–Crippen MR) is 50.1 cm³/mol. The molecule has 1 atom stereocenters. The van der Waals surface area contributed by atoms with E-state index in [-0.39, 0.29) is 6.61 Å². The van der Waals surface area contributed by atoms with E-state index in [4.69, 9.17) is 10.2 Å². The predicted octanol–water partition coefficient (Wildman–Crippen LogP) is 1.40. The lowest BCUT2D eigenvalue weighted by molar-refractivity contribution is 0.160. The maximum absolute atomic E-state index is 9.15. The molecule has 1 aromatic carbocycles. The van der Waals surface area contributed by atoms with Gasteiger partial charge < -0.3 is 10.2 Å². The van der Waals surface area contributed by atoms with Gasteiger partial charge in [-0.15, -0.1) is 0 Å². The Morgan fingerprint density at radius 3 is 2.67 bits per heavy atom. The molecule has 1 rings (SSSR count). The van der Waals surface area contributed by atoms with Crippen molar-refractivity contribution in [3.05, 3.63) is 29.8 Å². The molecule has 12 heavy (non-hydrogen) atoms. The minimum atomic E-state index is -0.717. The van der Waals surface area contributed by atoms with Crippen LogP contribution in [0, 0.1) is 6.92 Å². The zero-order chi connectivity index (χ0) is 8.97. The Hall–Kier alpha value is -0.510. The maximum Gasteiger partial charge on any atom is 0.127 e. The molecule has 0 heterocycles. The zero-order valence-corrected chi connectivity index (χ0v) is 7.71. The van der Waals surface area contributed by atoms with Crippen LogP contribution in [0.2, 0.25) is 0 Å². The molecule has 0 radical (unpaired) electrons. The van der Waals surface area contributed by atoms with Gasteiger partial charge in [-0.1, -0.05) is 30.0 Å². The fourth-order valence-corrected chi connectivity index (χ4v) is 1.65. The summed E-state index contributed by atoms with van der Waals surface area (Å²) in [5.74, 6) is 0. The number of benzene rings is 1. The minimum absolute atomic E-state index is 0.209. The number of hydrogen-bond donors (Lipinski definition) is 2. The van der Waals surface area contributed by atoms with Crippen molar-refractivity contribution in [2.75, 3.05) is 6.61 Å². The Bertz CT molecular complexity index is 250. The number of rotatable bonds is 3. The van der Waals surface area contributed by atoms with E-state index in [1.165, 1.54) is 11.8 Å². The molecule has 0 bridgehead atoms. The molecule has 0 aliphatic rings. The Labute approximate surface area is 76.2 Å². The molecule has 0 spiro atoms. The first kappa shape index (κ1) is 9.58. The van der Waals surface area contributed by atoms with E-state index in [1.807, 2.05) is 31.2 Å². The van der Waals surface area contributed by atoms with Gasteiger partial charge in [-0.3, -0.25) is 0 Å². The molecule has 0 aliphatic heterocycles. The van der Waals surface area contributed by atoms with E-state index in [1.54, 1.807) is 0 Å². The van der Waals surface area contributed by atoms with Crippen LogP contribution in [0.1, 0.15) is 5.56 Å². The van der Waals surface area contributed by atoms with Gasteiger partial charge in [0.2, 0.25) is 0 Å². The number of hydrogen-bond acceptors (Lipinski definition) is 3. The molecule has 0 aromatic heterocycles. The summed E-state index contributed by atoms with van der Waals surface area (Å²) in [4.78, 5) is 1.01. The highest BCUT2D eigenvalue weighted by Crippen LogP contribution is 2.24. The molecule has 0 saturated heterocycles. The molecule has 0 fully saturated rings. The van der Waals surface area contributed by atoms with Gasteiger partial charge in [0.15, 0.2) is 0 Å². The van der Waals surface area contributed by atoms with Gasteiger partial charge in [0.05, 0.1) is 6.61 Å². The summed E-state index contributed by atoms with van der Waals surface area (Å²) in [6, 6.07) is 7.77. The third-order valence-corrected chi connectivity index (χ3v) is 2.65. The van der Waals surface area contributed by atoms with Crippen LogP contribution >= 0.6 is 11.8 Å². The first-order valence-corrected chi connectivity index (χ1v) is 4.63. The van der Waals surface area contributed by atoms with Crippen molar-refractivity contribution in [3.63, 3.8) is 0 Å². The summed E-state index contributed by atoms with van der Waals surface area (Å²) in [6.07, 6.45) is 0. The maximum atomic E-state index is 9.15. The van der Waals surface area contributed by atoms with Gasteiger partial charge in [0, 0.05) is 4.90 Å². The van der Waals surface area contributed by atoms with Crippen molar-refractivity contribution in [3.8, 4) is 0 Å². The van der Waals surface area contributed by atoms with Crippen molar-refractivity contribution < 1.29 is 10.2 Å². The highest BCUT2D eigenvalue weighted by Gasteiger charge is 2.05. The van der Waals surface area contributed by atoms with Crippen LogP contribution in [0.4, 0.5) is 0 Å². The summed E-state index contributed by atoms with van der Waals surface area (Å²) in [5.41, 5.74) is 0.404. The highest BCUT2D eigenvalue weighted by atomic mass is 32.2. The molecular formula is C9H12O2S. The van der Waals surface area contributed by atoms with Gasteiger partial charge in [-0.05, 0) is 18.6 Å². The summed E-state index contributed by atoms with van der Waals surface area (Å²) >= 11 is 1.28.